The molecule has 1 heterocycles. The van der Waals surface area contributed by atoms with Gasteiger partial charge < -0.3 is 15.0 Å². The first-order valence-corrected chi connectivity index (χ1v) is 8.01. The highest BCUT2D eigenvalue weighted by Gasteiger charge is 2.30. The number of benzene rings is 2. The van der Waals surface area contributed by atoms with Gasteiger partial charge in [-0.2, -0.15) is 0 Å². The first-order valence-electron chi connectivity index (χ1n) is 8.01. The SMILES string of the molecule is COc1ccccc1C1CNCCN1C(=O)c1ccc([N+](=O)[O-])cc1.Cl. The molecule has 1 aliphatic heterocycles. The fourth-order valence-electron chi connectivity index (χ4n) is 3.06. The zero-order chi connectivity index (χ0) is 17.8. The number of carbonyl (C=O) groups is 1. The minimum absolute atomic E-state index is 0. The van der Waals surface area contributed by atoms with Gasteiger partial charge in [-0.05, 0) is 18.2 Å². The van der Waals surface area contributed by atoms with Gasteiger partial charge in [-0.1, -0.05) is 18.2 Å². The van der Waals surface area contributed by atoms with Crippen LogP contribution in [0.2, 0.25) is 0 Å². The van der Waals surface area contributed by atoms with Gasteiger partial charge in [0.2, 0.25) is 0 Å². The number of hydrogen-bond donors (Lipinski definition) is 1. The largest absolute Gasteiger partial charge is 0.496 e. The molecule has 138 valence electrons. The molecule has 26 heavy (non-hydrogen) atoms. The summed E-state index contributed by atoms with van der Waals surface area (Å²) in [5.74, 6) is 0.588. The molecule has 1 aliphatic rings. The second kappa shape index (κ2) is 8.64. The number of hydrogen-bond acceptors (Lipinski definition) is 5. The number of rotatable bonds is 4. The first-order chi connectivity index (χ1) is 12.1. The summed E-state index contributed by atoms with van der Waals surface area (Å²) in [6, 6.07) is 13.2. The van der Waals surface area contributed by atoms with Crippen LogP contribution in [0.15, 0.2) is 48.5 Å². The van der Waals surface area contributed by atoms with Crippen molar-refractivity contribution >= 4 is 24.0 Å². The Hall–Kier alpha value is -2.64. The number of nitrogens with zero attached hydrogens (tertiary/aromatic N) is 2. The molecule has 1 saturated heterocycles. The average molecular weight is 378 g/mol. The lowest BCUT2D eigenvalue weighted by molar-refractivity contribution is -0.384. The third-order valence-corrected chi connectivity index (χ3v) is 4.33. The van der Waals surface area contributed by atoms with Crippen LogP contribution in [0.25, 0.3) is 0 Å². The molecule has 1 N–H and O–H groups in total. The number of para-hydroxylation sites is 1. The molecule has 0 bridgehead atoms. The van der Waals surface area contributed by atoms with Crippen molar-refractivity contribution in [2.75, 3.05) is 26.7 Å². The number of nitro benzene ring substituents is 1. The Kier molecular flexibility index (Phi) is 6.54. The lowest BCUT2D eigenvalue weighted by atomic mass is 10.0. The van der Waals surface area contributed by atoms with Crippen molar-refractivity contribution in [1.29, 1.82) is 0 Å². The van der Waals surface area contributed by atoms with Crippen molar-refractivity contribution < 1.29 is 14.5 Å². The molecule has 0 aliphatic carbocycles. The summed E-state index contributed by atoms with van der Waals surface area (Å²) >= 11 is 0. The Labute approximate surface area is 157 Å². The van der Waals surface area contributed by atoms with Gasteiger partial charge in [0.25, 0.3) is 11.6 Å². The number of non-ortho nitro benzene ring substituents is 1. The molecule has 0 radical (unpaired) electrons. The van der Waals surface area contributed by atoms with E-state index in [1.165, 1.54) is 24.3 Å². The predicted molar refractivity (Wildman–Crippen MR) is 100.0 cm³/mol. The Morgan fingerprint density at radius 3 is 2.58 bits per heavy atom. The molecule has 3 rings (SSSR count). The third-order valence-electron chi connectivity index (χ3n) is 4.33. The van der Waals surface area contributed by atoms with Gasteiger partial charge in [-0.3, -0.25) is 14.9 Å². The van der Waals surface area contributed by atoms with Crippen molar-refractivity contribution in [3.63, 3.8) is 0 Å². The molecule has 0 aromatic heterocycles. The lowest BCUT2D eigenvalue weighted by Crippen LogP contribution is -2.48. The van der Waals surface area contributed by atoms with Gasteiger partial charge in [0.1, 0.15) is 5.75 Å². The van der Waals surface area contributed by atoms with E-state index in [4.69, 9.17) is 4.74 Å². The first kappa shape index (κ1) is 19.7. The molecule has 1 amide bonds. The van der Waals surface area contributed by atoms with Crippen molar-refractivity contribution in [3.05, 3.63) is 69.8 Å². The molecule has 1 atom stereocenters. The van der Waals surface area contributed by atoms with Gasteiger partial charge in [-0.15, -0.1) is 12.4 Å². The van der Waals surface area contributed by atoms with E-state index in [0.29, 0.717) is 25.2 Å². The molecule has 0 spiro atoms. The second-order valence-corrected chi connectivity index (χ2v) is 5.76. The van der Waals surface area contributed by atoms with E-state index in [-0.39, 0.29) is 30.0 Å². The Morgan fingerprint density at radius 2 is 1.92 bits per heavy atom. The number of halogens is 1. The Morgan fingerprint density at radius 1 is 1.23 bits per heavy atom. The fourth-order valence-corrected chi connectivity index (χ4v) is 3.06. The highest BCUT2D eigenvalue weighted by molar-refractivity contribution is 5.94. The van der Waals surface area contributed by atoms with Crippen LogP contribution in [0.4, 0.5) is 5.69 Å². The highest BCUT2D eigenvalue weighted by Crippen LogP contribution is 2.31. The van der Waals surface area contributed by atoms with Crippen molar-refractivity contribution in [1.82, 2.24) is 10.2 Å². The van der Waals surface area contributed by atoms with Gasteiger partial charge in [0, 0.05) is 42.9 Å². The minimum atomic E-state index is -0.475. The summed E-state index contributed by atoms with van der Waals surface area (Å²) < 4.78 is 5.43. The zero-order valence-electron chi connectivity index (χ0n) is 14.3. The van der Waals surface area contributed by atoms with Crippen LogP contribution in [0.1, 0.15) is 22.0 Å². The maximum Gasteiger partial charge on any atom is 0.269 e. The van der Waals surface area contributed by atoms with Crippen LogP contribution in [0.3, 0.4) is 0 Å². The average Bonchev–Trinajstić information content (AvgIpc) is 2.67. The van der Waals surface area contributed by atoms with E-state index in [1.54, 1.807) is 12.0 Å². The molecule has 2 aromatic rings. The summed E-state index contributed by atoms with van der Waals surface area (Å²) in [5.41, 5.74) is 1.35. The molecule has 1 unspecified atom stereocenters. The van der Waals surface area contributed by atoms with E-state index in [9.17, 15) is 14.9 Å². The molecule has 1 fully saturated rings. The highest BCUT2D eigenvalue weighted by atomic mass is 35.5. The van der Waals surface area contributed by atoms with Crippen molar-refractivity contribution in [3.8, 4) is 5.75 Å². The number of ether oxygens (including phenoxy) is 1. The maximum atomic E-state index is 13.0. The molecule has 2 aromatic carbocycles. The van der Waals surface area contributed by atoms with Crippen LogP contribution in [-0.4, -0.2) is 42.5 Å². The maximum absolute atomic E-state index is 13.0. The number of carbonyl (C=O) groups excluding carboxylic acids is 1. The summed E-state index contributed by atoms with van der Waals surface area (Å²) in [4.78, 5) is 25.0. The Bertz CT molecular complexity index is 782. The topological polar surface area (TPSA) is 84.7 Å². The normalized spacial score (nSPS) is 16.5. The number of nitrogens with one attached hydrogen (secondary N) is 1. The number of amides is 1. The van der Waals surface area contributed by atoms with Crippen LogP contribution in [-0.2, 0) is 0 Å². The van der Waals surface area contributed by atoms with Crippen LogP contribution >= 0.6 is 12.4 Å². The van der Waals surface area contributed by atoms with E-state index in [2.05, 4.69) is 5.32 Å². The van der Waals surface area contributed by atoms with Crippen LogP contribution in [0, 0.1) is 10.1 Å². The van der Waals surface area contributed by atoms with Gasteiger partial charge in [-0.25, -0.2) is 0 Å². The third kappa shape index (κ3) is 3.95. The molecular formula is C18H20ClN3O4. The van der Waals surface area contributed by atoms with Gasteiger partial charge in [0.15, 0.2) is 0 Å². The van der Waals surface area contributed by atoms with Crippen molar-refractivity contribution in [2.45, 2.75) is 6.04 Å². The van der Waals surface area contributed by atoms with E-state index >= 15 is 0 Å². The molecule has 7 nitrogen and oxygen atoms in total. The number of methoxy groups -OCH3 is 1. The number of nitro groups is 1. The zero-order valence-corrected chi connectivity index (χ0v) is 15.1. The molecular weight excluding hydrogens is 358 g/mol. The summed E-state index contributed by atoms with van der Waals surface area (Å²) in [7, 11) is 1.61. The Balaban J connectivity index is 0.00000243. The lowest BCUT2D eigenvalue weighted by Gasteiger charge is -2.37. The van der Waals surface area contributed by atoms with Gasteiger partial charge in [0.05, 0.1) is 18.1 Å². The quantitative estimate of drug-likeness (QED) is 0.654. The van der Waals surface area contributed by atoms with Crippen LogP contribution < -0.4 is 10.1 Å². The molecule has 0 saturated carbocycles. The minimum Gasteiger partial charge on any atom is -0.496 e. The summed E-state index contributed by atoms with van der Waals surface area (Å²) in [5, 5.41) is 14.1. The van der Waals surface area contributed by atoms with E-state index in [0.717, 1.165) is 11.3 Å². The summed E-state index contributed by atoms with van der Waals surface area (Å²) in [6.07, 6.45) is 0. The summed E-state index contributed by atoms with van der Waals surface area (Å²) in [6.45, 7) is 1.88. The second-order valence-electron chi connectivity index (χ2n) is 5.76. The predicted octanol–water partition coefficient (Wildman–Crippen LogP) is 2.81. The van der Waals surface area contributed by atoms with E-state index in [1.807, 2.05) is 24.3 Å². The van der Waals surface area contributed by atoms with E-state index < -0.39 is 4.92 Å². The van der Waals surface area contributed by atoms with Crippen molar-refractivity contribution in [2.24, 2.45) is 0 Å². The standard InChI is InChI=1S/C18H19N3O4.ClH/c1-25-17-5-3-2-4-15(17)16-12-19-10-11-20(16)18(22)13-6-8-14(9-7-13)21(23)24;/h2-9,16,19H,10-12H2,1H3;1H. The number of piperazine rings is 1. The fraction of sp³-hybridized carbons (Fsp3) is 0.278. The van der Waals surface area contributed by atoms with Gasteiger partial charge >= 0.3 is 0 Å². The monoisotopic (exact) mass is 377 g/mol. The molecule has 8 heteroatoms. The van der Waals surface area contributed by atoms with Crippen LogP contribution in [0.5, 0.6) is 5.75 Å². The smallest absolute Gasteiger partial charge is 0.269 e.